The van der Waals surface area contributed by atoms with Crippen LogP contribution in [0.3, 0.4) is 0 Å². The van der Waals surface area contributed by atoms with Crippen LogP contribution in [0.1, 0.15) is 19.5 Å². The van der Waals surface area contributed by atoms with Crippen molar-refractivity contribution in [3.05, 3.63) is 30.1 Å². The van der Waals surface area contributed by atoms with E-state index in [0.29, 0.717) is 0 Å². The molecular weight excluding hydrogens is 204 g/mol. The smallest absolute Gasteiger partial charge is 0.226 e. The van der Waals surface area contributed by atoms with Gasteiger partial charge in [-0.2, -0.15) is 0 Å². The molecule has 0 aliphatic carbocycles. The summed E-state index contributed by atoms with van der Waals surface area (Å²) in [7, 11) is 0. The minimum absolute atomic E-state index is 0.0361. The number of hydrogen-bond acceptors (Lipinski definition) is 3. The van der Waals surface area contributed by atoms with Gasteiger partial charge in [0.05, 0.1) is 19.1 Å². The van der Waals surface area contributed by atoms with Crippen LogP contribution in [0.2, 0.25) is 0 Å². The fraction of sp³-hybridized carbons (Fsp3) is 0.500. The number of hydrogen-bond donors (Lipinski definition) is 2. The summed E-state index contributed by atoms with van der Waals surface area (Å²) in [6.45, 7) is 3.88. The molecule has 1 atom stereocenters. The zero-order valence-electron chi connectivity index (χ0n) is 9.68. The molecule has 1 rings (SSSR count). The van der Waals surface area contributed by atoms with Gasteiger partial charge in [-0.1, -0.05) is 19.9 Å². The van der Waals surface area contributed by atoms with Crippen molar-refractivity contribution in [2.75, 3.05) is 6.61 Å². The number of nitrogens with one attached hydrogen (secondary N) is 1. The molecule has 0 saturated carbocycles. The molecule has 4 heteroatoms. The molecule has 0 radical (unpaired) electrons. The number of carbonyl (C=O) groups excluding carboxylic acids is 1. The van der Waals surface area contributed by atoms with Crippen LogP contribution in [0, 0.1) is 5.92 Å². The minimum Gasteiger partial charge on any atom is -0.394 e. The largest absolute Gasteiger partial charge is 0.394 e. The summed E-state index contributed by atoms with van der Waals surface area (Å²) < 4.78 is 0. The molecule has 0 fully saturated rings. The Bertz CT molecular complexity index is 325. The van der Waals surface area contributed by atoms with Crippen LogP contribution in [-0.4, -0.2) is 28.6 Å². The van der Waals surface area contributed by atoms with Gasteiger partial charge >= 0.3 is 0 Å². The van der Waals surface area contributed by atoms with Gasteiger partial charge < -0.3 is 10.4 Å². The Labute approximate surface area is 95.7 Å². The average Bonchev–Trinajstić information content (AvgIpc) is 2.27. The zero-order chi connectivity index (χ0) is 12.0. The van der Waals surface area contributed by atoms with E-state index in [0.717, 1.165) is 5.69 Å². The molecule has 88 valence electrons. The third-order valence-corrected chi connectivity index (χ3v) is 2.42. The lowest BCUT2D eigenvalue weighted by molar-refractivity contribution is -0.121. The quantitative estimate of drug-likeness (QED) is 0.773. The van der Waals surface area contributed by atoms with Crippen LogP contribution in [0.25, 0.3) is 0 Å². The first-order valence-corrected chi connectivity index (χ1v) is 5.43. The molecule has 1 unspecified atom stereocenters. The predicted octanol–water partition coefficient (Wildman–Crippen LogP) is 0.757. The number of pyridine rings is 1. The van der Waals surface area contributed by atoms with Crippen molar-refractivity contribution >= 4 is 5.91 Å². The van der Waals surface area contributed by atoms with Gasteiger partial charge in [-0.15, -0.1) is 0 Å². The zero-order valence-corrected chi connectivity index (χ0v) is 9.68. The van der Waals surface area contributed by atoms with Crippen molar-refractivity contribution in [1.82, 2.24) is 10.3 Å². The minimum atomic E-state index is -0.184. The second-order valence-corrected chi connectivity index (χ2v) is 4.10. The lowest BCUT2D eigenvalue weighted by atomic mass is 10.1. The van der Waals surface area contributed by atoms with Gasteiger partial charge in [0.2, 0.25) is 5.91 Å². The molecule has 4 nitrogen and oxygen atoms in total. The number of aliphatic hydroxyl groups excluding tert-OH is 1. The van der Waals surface area contributed by atoms with E-state index in [1.54, 1.807) is 6.20 Å². The molecule has 1 heterocycles. The van der Waals surface area contributed by atoms with E-state index in [4.69, 9.17) is 5.11 Å². The van der Waals surface area contributed by atoms with Crippen molar-refractivity contribution in [3.63, 3.8) is 0 Å². The Balaban J connectivity index is 2.47. The van der Waals surface area contributed by atoms with Gasteiger partial charge in [0.25, 0.3) is 0 Å². The summed E-state index contributed by atoms with van der Waals surface area (Å²) >= 11 is 0. The first kappa shape index (κ1) is 12.6. The SMILES string of the molecule is CC(C)C(CO)NC(=O)Cc1ccccn1. The average molecular weight is 222 g/mol. The van der Waals surface area contributed by atoms with Crippen LogP contribution < -0.4 is 5.32 Å². The molecule has 0 saturated heterocycles. The van der Waals surface area contributed by atoms with Gasteiger partial charge in [-0.3, -0.25) is 9.78 Å². The fourth-order valence-corrected chi connectivity index (χ4v) is 1.35. The third-order valence-electron chi connectivity index (χ3n) is 2.42. The highest BCUT2D eigenvalue weighted by Gasteiger charge is 2.15. The van der Waals surface area contributed by atoms with Crippen LogP contribution in [0.5, 0.6) is 0 Å². The van der Waals surface area contributed by atoms with Gasteiger partial charge in [0.1, 0.15) is 0 Å². The Morgan fingerprint density at radius 2 is 2.25 bits per heavy atom. The van der Waals surface area contributed by atoms with E-state index in [-0.39, 0.29) is 30.9 Å². The van der Waals surface area contributed by atoms with E-state index < -0.39 is 0 Å². The maximum atomic E-state index is 11.6. The highest BCUT2D eigenvalue weighted by molar-refractivity contribution is 5.78. The van der Waals surface area contributed by atoms with E-state index in [2.05, 4.69) is 10.3 Å². The molecule has 0 spiro atoms. The summed E-state index contributed by atoms with van der Waals surface area (Å²) in [4.78, 5) is 15.7. The molecule has 0 bridgehead atoms. The maximum Gasteiger partial charge on any atom is 0.226 e. The molecule has 0 aliphatic rings. The number of rotatable bonds is 5. The number of aliphatic hydroxyl groups is 1. The molecule has 0 aromatic carbocycles. The second-order valence-electron chi connectivity index (χ2n) is 4.10. The van der Waals surface area contributed by atoms with Crippen LogP contribution in [-0.2, 0) is 11.2 Å². The number of nitrogens with zero attached hydrogens (tertiary/aromatic N) is 1. The lowest BCUT2D eigenvalue weighted by Crippen LogP contribution is -2.41. The molecule has 1 amide bonds. The third kappa shape index (κ3) is 3.98. The lowest BCUT2D eigenvalue weighted by Gasteiger charge is -2.19. The van der Waals surface area contributed by atoms with Crippen LogP contribution >= 0.6 is 0 Å². The van der Waals surface area contributed by atoms with Gasteiger partial charge in [0, 0.05) is 11.9 Å². The van der Waals surface area contributed by atoms with E-state index in [1.807, 2.05) is 32.0 Å². The van der Waals surface area contributed by atoms with Crippen molar-refractivity contribution in [1.29, 1.82) is 0 Å². The molecule has 1 aromatic heterocycles. The van der Waals surface area contributed by atoms with Crippen molar-refractivity contribution in [2.45, 2.75) is 26.3 Å². The monoisotopic (exact) mass is 222 g/mol. The maximum absolute atomic E-state index is 11.6. The Morgan fingerprint density at radius 3 is 2.75 bits per heavy atom. The van der Waals surface area contributed by atoms with E-state index >= 15 is 0 Å². The van der Waals surface area contributed by atoms with Crippen LogP contribution in [0.4, 0.5) is 0 Å². The molecule has 1 aromatic rings. The summed E-state index contributed by atoms with van der Waals surface area (Å²) in [5.74, 6) is 0.115. The molecule has 2 N–H and O–H groups in total. The summed E-state index contributed by atoms with van der Waals surface area (Å²) in [6.07, 6.45) is 1.92. The van der Waals surface area contributed by atoms with Gasteiger partial charge in [0.15, 0.2) is 0 Å². The highest BCUT2D eigenvalue weighted by atomic mass is 16.3. The fourth-order valence-electron chi connectivity index (χ4n) is 1.35. The topological polar surface area (TPSA) is 62.2 Å². The molecule has 16 heavy (non-hydrogen) atoms. The normalized spacial score (nSPS) is 12.5. The van der Waals surface area contributed by atoms with Crippen LogP contribution in [0.15, 0.2) is 24.4 Å². The summed E-state index contributed by atoms with van der Waals surface area (Å²) in [5, 5.41) is 11.9. The van der Waals surface area contributed by atoms with Crippen molar-refractivity contribution in [2.24, 2.45) is 5.92 Å². The Hall–Kier alpha value is -1.42. The second kappa shape index (κ2) is 6.23. The Kier molecular flexibility index (Phi) is 4.92. The number of carbonyl (C=O) groups is 1. The van der Waals surface area contributed by atoms with Crippen molar-refractivity contribution in [3.8, 4) is 0 Å². The number of aromatic nitrogens is 1. The van der Waals surface area contributed by atoms with E-state index in [9.17, 15) is 4.79 Å². The van der Waals surface area contributed by atoms with Crippen molar-refractivity contribution < 1.29 is 9.90 Å². The van der Waals surface area contributed by atoms with E-state index in [1.165, 1.54) is 0 Å². The summed E-state index contributed by atoms with van der Waals surface area (Å²) in [6, 6.07) is 5.28. The van der Waals surface area contributed by atoms with Gasteiger partial charge in [-0.25, -0.2) is 0 Å². The first-order chi connectivity index (χ1) is 7.63. The van der Waals surface area contributed by atoms with Gasteiger partial charge in [-0.05, 0) is 18.1 Å². The molecule has 0 aliphatic heterocycles. The number of amides is 1. The highest BCUT2D eigenvalue weighted by Crippen LogP contribution is 2.01. The predicted molar refractivity (Wildman–Crippen MR) is 61.8 cm³/mol. The standard InChI is InChI=1S/C12H18N2O2/c1-9(2)11(8-15)14-12(16)7-10-5-3-4-6-13-10/h3-6,9,11,15H,7-8H2,1-2H3,(H,14,16). The first-order valence-electron chi connectivity index (χ1n) is 5.43. The summed E-state index contributed by atoms with van der Waals surface area (Å²) in [5.41, 5.74) is 0.737. The molecular formula is C12H18N2O2. The Morgan fingerprint density at radius 1 is 1.50 bits per heavy atom.